The first-order chi connectivity index (χ1) is 15.0. The second-order valence-corrected chi connectivity index (χ2v) is 9.26. The van der Waals surface area contributed by atoms with Crippen LogP contribution in [0.3, 0.4) is 0 Å². The molecule has 0 radical (unpaired) electrons. The van der Waals surface area contributed by atoms with E-state index in [0.29, 0.717) is 45.7 Å². The third-order valence-electron chi connectivity index (χ3n) is 3.91. The van der Waals surface area contributed by atoms with Crippen molar-refractivity contribution in [3.8, 4) is 5.75 Å². The van der Waals surface area contributed by atoms with Gasteiger partial charge in [-0.2, -0.15) is 0 Å². The van der Waals surface area contributed by atoms with Gasteiger partial charge in [-0.1, -0.05) is 52.4 Å². The molecule has 0 saturated carbocycles. The SMILES string of the molecule is C=CCn1c(CCCOc2ccc(Cl)cc2Cl)nnc1SCC(=O)Nc1nnc(C)s1. The number of rotatable bonds is 11. The van der Waals surface area contributed by atoms with E-state index in [9.17, 15) is 4.79 Å². The number of aromatic nitrogens is 5. The third kappa shape index (κ3) is 6.93. The van der Waals surface area contributed by atoms with Gasteiger partial charge in [-0.3, -0.25) is 10.1 Å². The van der Waals surface area contributed by atoms with E-state index >= 15 is 0 Å². The summed E-state index contributed by atoms with van der Waals surface area (Å²) in [5.41, 5.74) is 0. The minimum atomic E-state index is -0.177. The highest BCUT2D eigenvalue weighted by Crippen LogP contribution is 2.27. The van der Waals surface area contributed by atoms with E-state index in [-0.39, 0.29) is 11.7 Å². The number of anilines is 1. The average molecular weight is 499 g/mol. The Hall–Kier alpha value is -2.14. The van der Waals surface area contributed by atoms with Crippen LogP contribution in [-0.2, 0) is 17.8 Å². The summed E-state index contributed by atoms with van der Waals surface area (Å²) in [6.45, 7) is 6.64. The third-order valence-corrected chi connectivity index (χ3v) is 6.16. The quantitative estimate of drug-likeness (QED) is 0.233. The Balaban J connectivity index is 1.51. The van der Waals surface area contributed by atoms with E-state index in [2.05, 4.69) is 32.3 Å². The van der Waals surface area contributed by atoms with Crippen LogP contribution in [0.1, 0.15) is 17.3 Å². The Morgan fingerprint density at radius 1 is 1.32 bits per heavy atom. The number of amides is 1. The van der Waals surface area contributed by atoms with Crippen LogP contribution in [0, 0.1) is 6.92 Å². The lowest BCUT2D eigenvalue weighted by Gasteiger charge is -2.09. The molecule has 3 aromatic rings. The molecule has 3 rings (SSSR count). The van der Waals surface area contributed by atoms with E-state index in [4.69, 9.17) is 27.9 Å². The van der Waals surface area contributed by atoms with Gasteiger partial charge in [0.2, 0.25) is 11.0 Å². The van der Waals surface area contributed by atoms with Crippen molar-refractivity contribution in [2.45, 2.75) is 31.5 Å². The molecule has 0 spiro atoms. The van der Waals surface area contributed by atoms with Gasteiger partial charge in [-0.25, -0.2) is 0 Å². The van der Waals surface area contributed by atoms with E-state index < -0.39 is 0 Å². The Kier molecular flexibility index (Phi) is 8.70. The van der Waals surface area contributed by atoms with Gasteiger partial charge in [0.15, 0.2) is 5.16 Å². The molecule has 31 heavy (non-hydrogen) atoms. The lowest BCUT2D eigenvalue weighted by Crippen LogP contribution is -2.14. The van der Waals surface area contributed by atoms with Crippen molar-refractivity contribution in [2.24, 2.45) is 0 Å². The monoisotopic (exact) mass is 498 g/mol. The minimum Gasteiger partial charge on any atom is -0.492 e. The summed E-state index contributed by atoms with van der Waals surface area (Å²) in [4.78, 5) is 12.2. The lowest BCUT2D eigenvalue weighted by atomic mass is 10.3. The number of hydrogen-bond donors (Lipinski definition) is 1. The second kappa shape index (κ2) is 11.5. The number of nitrogens with zero attached hydrogens (tertiary/aromatic N) is 5. The number of allylic oxidation sites excluding steroid dienone is 1. The van der Waals surface area contributed by atoms with Gasteiger partial charge < -0.3 is 9.30 Å². The van der Waals surface area contributed by atoms with Crippen molar-refractivity contribution in [3.63, 3.8) is 0 Å². The van der Waals surface area contributed by atoms with Gasteiger partial charge in [0.05, 0.1) is 17.4 Å². The standard InChI is InChI=1S/C19H20Cl2N6O2S2/c1-3-8-27-16(5-4-9-29-15-7-6-13(20)10-14(15)21)24-26-19(27)30-11-17(28)22-18-25-23-12(2)31-18/h3,6-7,10H,1,4-5,8-9,11H2,2H3,(H,22,25,28). The Labute approximate surface area is 198 Å². The molecule has 8 nitrogen and oxygen atoms in total. The van der Waals surface area contributed by atoms with E-state index in [1.54, 1.807) is 24.3 Å². The maximum Gasteiger partial charge on any atom is 0.236 e. The van der Waals surface area contributed by atoms with Crippen LogP contribution in [0.15, 0.2) is 36.0 Å². The van der Waals surface area contributed by atoms with Crippen molar-refractivity contribution in [1.82, 2.24) is 25.0 Å². The van der Waals surface area contributed by atoms with Crippen LogP contribution in [0.5, 0.6) is 5.75 Å². The van der Waals surface area contributed by atoms with Crippen LogP contribution in [0.25, 0.3) is 0 Å². The molecule has 12 heteroatoms. The van der Waals surface area contributed by atoms with Crippen molar-refractivity contribution in [1.29, 1.82) is 0 Å². The van der Waals surface area contributed by atoms with Crippen molar-refractivity contribution in [3.05, 3.63) is 51.7 Å². The maximum atomic E-state index is 12.2. The zero-order valence-electron chi connectivity index (χ0n) is 16.7. The molecule has 164 valence electrons. The number of halogens is 2. The van der Waals surface area contributed by atoms with E-state index in [1.165, 1.54) is 23.1 Å². The molecule has 2 heterocycles. The normalized spacial score (nSPS) is 10.8. The number of ether oxygens (including phenoxy) is 1. The molecule has 0 saturated heterocycles. The number of hydrogen-bond acceptors (Lipinski definition) is 8. The summed E-state index contributed by atoms with van der Waals surface area (Å²) in [5.74, 6) is 1.40. The van der Waals surface area contributed by atoms with Gasteiger partial charge in [-0.15, -0.1) is 27.0 Å². The number of carbonyl (C=O) groups excluding carboxylic acids is 1. The van der Waals surface area contributed by atoms with Crippen LogP contribution >= 0.6 is 46.3 Å². The highest BCUT2D eigenvalue weighted by Gasteiger charge is 2.14. The molecule has 0 aliphatic rings. The zero-order valence-corrected chi connectivity index (χ0v) is 19.8. The minimum absolute atomic E-state index is 0.177. The first-order valence-electron chi connectivity index (χ1n) is 9.30. The molecule has 0 unspecified atom stereocenters. The molecule has 0 bridgehead atoms. The fourth-order valence-corrected chi connectivity index (χ4v) is 4.40. The topological polar surface area (TPSA) is 94.8 Å². The van der Waals surface area contributed by atoms with Gasteiger partial charge >= 0.3 is 0 Å². The summed E-state index contributed by atoms with van der Waals surface area (Å²) in [5, 5.41) is 22.0. The first-order valence-corrected chi connectivity index (χ1v) is 11.9. The first kappa shape index (κ1) is 23.5. The molecular weight excluding hydrogens is 479 g/mol. The molecule has 1 aromatic carbocycles. The van der Waals surface area contributed by atoms with Crippen LogP contribution in [-0.4, -0.2) is 43.2 Å². The molecule has 1 amide bonds. The summed E-state index contributed by atoms with van der Waals surface area (Å²) >= 11 is 14.6. The summed E-state index contributed by atoms with van der Waals surface area (Å²) in [6.07, 6.45) is 3.14. The Bertz CT molecular complexity index is 1060. The fourth-order valence-electron chi connectivity index (χ4n) is 2.56. The number of carbonyl (C=O) groups is 1. The predicted octanol–water partition coefficient (Wildman–Crippen LogP) is 4.67. The molecule has 0 aliphatic heterocycles. The lowest BCUT2D eigenvalue weighted by molar-refractivity contribution is -0.113. The van der Waals surface area contributed by atoms with E-state index in [1.807, 2.05) is 11.5 Å². The fraction of sp³-hybridized carbons (Fsp3) is 0.316. The molecule has 0 atom stereocenters. The Morgan fingerprint density at radius 3 is 2.87 bits per heavy atom. The van der Waals surface area contributed by atoms with Gasteiger partial charge in [0.25, 0.3) is 0 Å². The van der Waals surface area contributed by atoms with Crippen molar-refractivity contribution in [2.75, 3.05) is 17.7 Å². The molecule has 0 aliphatic carbocycles. The van der Waals surface area contributed by atoms with Gasteiger partial charge in [-0.05, 0) is 31.5 Å². The predicted molar refractivity (Wildman–Crippen MR) is 124 cm³/mol. The number of benzene rings is 1. The maximum absolute atomic E-state index is 12.2. The highest BCUT2D eigenvalue weighted by atomic mass is 35.5. The largest absolute Gasteiger partial charge is 0.492 e. The molecule has 1 N–H and O–H groups in total. The number of thioether (sulfide) groups is 1. The molecular formula is C19H20Cl2N6O2S2. The van der Waals surface area contributed by atoms with Crippen LogP contribution in [0.4, 0.5) is 5.13 Å². The average Bonchev–Trinajstić information content (AvgIpc) is 3.31. The van der Waals surface area contributed by atoms with Gasteiger partial charge in [0, 0.05) is 18.0 Å². The summed E-state index contributed by atoms with van der Waals surface area (Å²) < 4.78 is 7.66. The van der Waals surface area contributed by atoms with Crippen molar-refractivity contribution < 1.29 is 9.53 Å². The zero-order chi connectivity index (χ0) is 22.2. The molecule has 0 fully saturated rings. The summed E-state index contributed by atoms with van der Waals surface area (Å²) in [7, 11) is 0. The molecule has 2 aromatic heterocycles. The highest BCUT2D eigenvalue weighted by molar-refractivity contribution is 7.99. The smallest absolute Gasteiger partial charge is 0.236 e. The number of nitrogens with one attached hydrogen (secondary N) is 1. The van der Waals surface area contributed by atoms with Crippen LogP contribution < -0.4 is 10.1 Å². The summed E-state index contributed by atoms with van der Waals surface area (Å²) in [6, 6.07) is 5.12. The van der Waals surface area contributed by atoms with Crippen LogP contribution in [0.2, 0.25) is 10.0 Å². The second-order valence-electron chi connectivity index (χ2n) is 6.29. The van der Waals surface area contributed by atoms with E-state index in [0.717, 1.165) is 17.3 Å². The van der Waals surface area contributed by atoms with Gasteiger partial charge in [0.1, 0.15) is 16.6 Å². The van der Waals surface area contributed by atoms with Crippen molar-refractivity contribution >= 4 is 57.3 Å². The number of aryl methyl sites for hydroxylation is 2. The Morgan fingerprint density at radius 2 is 2.16 bits per heavy atom.